The molecule has 1 N–H and O–H groups in total. The molecule has 0 saturated heterocycles. The lowest BCUT2D eigenvalue weighted by atomic mass is 10.3. The molecule has 0 bridgehead atoms. The Morgan fingerprint density at radius 2 is 2.21 bits per heavy atom. The molecule has 0 radical (unpaired) electrons. The molecule has 2 heterocycles. The van der Waals surface area contributed by atoms with Crippen LogP contribution in [-0.4, -0.2) is 16.1 Å². The van der Waals surface area contributed by atoms with Gasteiger partial charge in [0, 0.05) is 26.2 Å². The number of hydrogen-bond donors (Lipinski definition) is 1. The Morgan fingerprint density at radius 3 is 2.71 bits per heavy atom. The molecule has 0 saturated carbocycles. The first-order chi connectivity index (χ1) is 6.68. The predicted octanol–water partition coefficient (Wildman–Crippen LogP) is 3.33. The number of aromatic carboxylic acids is 1. The lowest BCUT2D eigenvalue weighted by Gasteiger charge is -1.90. The predicted molar refractivity (Wildman–Crippen MR) is 60.1 cm³/mol. The number of nitrogens with zero attached hydrogens (tertiary/aromatic N) is 1. The summed E-state index contributed by atoms with van der Waals surface area (Å²) in [4.78, 5) is 14.6. The molecule has 6 heteroatoms. The van der Waals surface area contributed by atoms with Crippen molar-refractivity contribution >= 4 is 44.6 Å². The van der Waals surface area contributed by atoms with Gasteiger partial charge in [-0.1, -0.05) is 0 Å². The monoisotopic (exact) mass is 289 g/mol. The fraction of sp³-hybridized carbons (Fsp3) is 0. The second-order valence-electron chi connectivity index (χ2n) is 2.48. The van der Waals surface area contributed by atoms with Crippen LogP contribution in [0.15, 0.2) is 20.6 Å². The Morgan fingerprint density at radius 1 is 1.43 bits per heavy atom. The zero-order valence-electron chi connectivity index (χ0n) is 6.73. The summed E-state index contributed by atoms with van der Waals surface area (Å²) >= 11 is 6.26. The van der Waals surface area contributed by atoms with Crippen LogP contribution >= 0.6 is 38.6 Å². The van der Waals surface area contributed by atoms with Gasteiger partial charge in [0.25, 0.3) is 0 Å². The highest BCUT2D eigenvalue weighted by molar-refractivity contribution is 9.10. The van der Waals surface area contributed by atoms with Gasteiger partial charge in [0.05, 0.1) is 0 Å². The van der Waals surface area contributed by atoms with Crippen molar-refractivity contribution in [3.05, 3.63) is 26.3 Å². The number of carbonyl (C=O) groups is 1. The molecule has 0 unspecified atom stereocenters. The third-order valence-corrected chi connectivity index (χ3v) is 4.15. The average molecular weight is 290 g/mol. The molecule has 0 spiro atoms. The lowest BCUT2D eigenvalue weighted by molar-refractivity contribution is 0.0691. The lowest BCUT2D eigenvalue weighted by Crippen LogP contribution is -1.95. The van der Waals surface area contributed by atoms with Crippen molar-refractivity contribution in [3.8, 4) is 10.6 Å². The third-order valence-electron chi connectivity index (χ3n) is 1.57. The van der Waals surface area contributed by atoms with Gasteiger partial charge in [-0.15, -0.1) is 11.3 Å². The van der Waals surface area contributed by atoms with Crippen LogP contribution in [0.5, 0.6) is 0 Å². The smallest absolute Gasteiger partial charge is 0.355 e. The van der Waals surface area contributed by atoms with Crippen molar-refractivity contribution in [2.45, 2.75) is 0 Å². The molecule has 3 nitrogen and oxygen atoms in total. The van der Waals surface area contributed by atoms with E-state index in [0.29, 0.717) is 0 Å². The van der Waals surface area contributed by atoms with Crippen LogP contribution in [0.4, 0.5) is 0 Å². The molecule has 0 atom stereocenters. The quantitative estimate of drug-likeness (QED) is 0.923. The molecule has 0 aromatic carbocycles. The van der Waals surface area contributed by atoms with Gasteiger partial charge >= 0.3 is 5.97 Å². The van der Waals surface area contributed by atoms with Gasteiger partial charge in [-0.2, -0.15) is 11.3 Å². The standard InChI is InChI=1S/C8H4BrNO2S2/c9-5-2-13-1-4(5)7-10-6(3-14-7)8(11)12/h1-3H,(H,11,12). The fourth-order valence-corrected chi connectivity index (χ4v) is 3.43. The maximum atomic E-state index is 10.6. The summed E-state index contributed by atoms with van der Waals surface area (Å²) in [5, 5.41) is 14.9. The minimum Gasteiger partial charge on any atom is -0.476 e. The number of carboxylic acid groups (broad SMARTS) is 1. The minimum atomic E-state index is -0.987. The second kappa shape index (κ2) is 3.80. The minimum absolute atomic E-state index is 0.100. The van der Waals surface area contributed by atoms with Crippen LogP contribution < -0.4 is 0 Å². The van der Waals surface area contributed by atoms with Crippen LogP contribution in [0.3, 0.4) is 0 Å². The molecule has 2 rings (SSSR count). The fourth-order valence-electron chi connectivity index (χ4n) is 0.930. The molecule has 0 aliphatic heterocycles. The first-order valence-corrected chi connectivity index (χ1v) is 6.21. The van der Waals surface area contributed by atoms with Crippen LogP contribution in [0.25, 0.3) is 10.6 Å². The average Bonchev–Trinajstić information content (AvgIpc) is 2.71. The van der Waals surface area contributed by atoms with E-state index in [9.17, 15) is 4.79 Å². The van der Waals surface area contributed by atoms with E-state index in [2.05, 4.69) is 20.9 Å². The number of aromatic nitrogens is 1. The van der Waals surface area contributed by atoms with Crippen molar-refractivity contribution in [1.82, 2.24) is 4.98 Å². The first kappa shape index (κ1) is 9.82. The molecule has 14 heavy (non-hydrogen) atoms. The zero-order valence-corrected chi connectivity index (χ0v) is 9.95. The van der Waals surface area contributed by atoms with Crippen LogP contribution in [0.1, 0.15) is 10.5 Å². The maximum Gasteiger partial charge on any atom is 0.355 e. The van der Waals surface area contributed by atoms with E-state index in [1.165, 1.54) is 11.3 Å². The summed E-state index contributed by atoms with van der Waals surface area (Å²) in [5.41, 5.74) is 1.05. The first-order valence-electron chi connectivity index (χ1n) is 3.59. The Labute approximate surface area is 96.2 Å². The number of thiazole rings is 1. The van der Waals surface area contributed by atoms with Gasteiger partial charge in [0.2, 0.25) is 0 Å². The van der Waals surface area contributed by atoms with Crippen molar-refractivity contribution in [1.29, 1.82) is 0 Å². The molecular formula is C8H4BrNO2S2. The van der Waals surface area contributed by atoms with E-state index >= 15 is 0 Å². The van der Waals surface area contributed by atoms with Gasteiger partial charge in [-0.3, -0.25) is 0 Å². The second-order valence-corrected chi connectivity index (χ2v) is 4.93. The summed E-state index contributed by atoms with van der Waals surface area (Å²) in [6.45, 7) is 0. The molecule has 0 amide bonds. The van der Waals surface area contributed by atoms with E-state index in [1.54, 1.807) is 16.7 Å². The van der Waals surface area contributed by atoms with Gasteiger partial charge in [0.1, 0.15) is 5.01 Å². The molecule has 2 aromatic heterocycles. The van der Waals surface area contributed by atoms with E-state index in [1.807, 2.05) is 10.8 Å². The molecule has 0 fully saturated rings. The van der Waals surface area contributed by atoms with Gasteiger partial charge in [-0.25, -0.2) is 9.78 Å². The molecule has 0 aliphatic carbocycles. The van der Waals surface area contributed by atoms with Crippen LogP contribution in [0.2, 0.25) is 0 Å². The third kappa shape index (κ3) is 1.73. The maximum absolute atomic E-state index is 10.6. The summed E-state index contributed by atoms with van der Waals surface area (Å²) in [5.74, 6) is -0.987. The van der Waals surface area contributed by atoms with E-state index in [-0.39, 0.29) is 5.69 Å². The van der Waals surface area contributed by atoms with Gasteiger partial charge in [0.15, 0.2) is 5.69 Å². The van der Waals surface area contributed by atoms with Gasteiger partial charge < -0.3 is 5.11 Å². The van der Waals surface area contributed by atoms with Crippen molar-refractivity contribution < 1.29 is 9.90 Å². The summed E-state index contributed by atoms with van der Waals surface area (Å²) in [7, 11) is 0. The number of halogens is 1. The van der Waals surface area contributed by atoms with E-state index in [0.717, 1.165) is 15.0 Å². The molecule has 2 aromatic rings. The number of thiophene rings is 1. The summed E-state index contributed by atoms with van der Waals surface area (Å²) in [6, 6.07) is 0. The number of hydrogen-bond acceptors (Lipinski definition) is 4. The normalized spacial score (nSPS) is 10.4. The Bertz CT molecular complexity index is 477. The number of carboxylic acids is 1. The highest BCUT2D eigenvalue weighted by Gasteiger charge is 2.12. The Hall–Kier alpha value is -0.720. The molecular weight excluding hydrogens is 286 g/mol. The molecule has 0 aliphatic rings. The summed E-state index contributed by atoms with van der Waals surface area (Å²) < 4.78 is 0.953. The van der Waals surface area contributed by atoms with Crippen LogP contribution in [0, 0.1) is 0 Å². The van der Waals surface area contributed by atoms with Crippen LogP contribution in [-0.2, 0) is 0 Å². The highest BCUT2D eigenvalue weighted by Crippen LogP contribution is 2.33. The topological polar surface area (TPSA) is 50.2 Å². The van der Waals surface area contributed by atoms with Gasteiger partial charge in [-0.05, 0) is 15.9 Å². The van der Waals surface area contributed by atoms with E-state index < -0.39 is 5.97 Å². The largest absolute Gasteiger partial charge is 0.476 e. The zero-order chi connectivity index (χ0) is 10.1. The van der Waals surface area contributed by atoms with Crippen molar-refractivity contribution in [3.63, 3.8) is 0 Å². The Kier molecular flexibility index (Phi) is 2.66. The van der Waals surface area contributed by atoms with Crippen molar-refractivity contribution in [2.75, 3.05) is 0 Å². The highest BCUT2D eigenvalue weighted by atomic mass is 79.9. The number of rotatable bonds is 2. The molecule has 72 valence electrons. The van der Waals surface area contributed by atoms with Crippen molar-refractivity contribution in [2.24, 2.45) is 0 Å². The summed E-state index contributed by atoms with van der Waals surface area (Å²) in [6.07, 6.45) is 0. The Balaban J connectivity index is 2.43. The SMILES string of the molecule is O=C(O)c1csc(-c2cscc2Br)n1. The van der Waals surface area contributed by atoms with E-state index in [4.69, 9.17) is 5.11 Å².